The number of carbonyl (C=O) groups is 2. The third-order valence-corrected chi connectivity index (χ3v) is 4.54. The lowest BCUT2D eigenvalue weighted by molar-refractivity contribution is -0.143. The van der Waals surface area contributed by atoms with Gasteiger partial charge in [0.1, 0.15) is 6.04 Å². The van der Waals surface area contributed by atoms with Gasteiger partial charge in [0.25, 0.3) is 5.91 Å². The van der Waals surface area contributed by atoms with Gasteiger partial charge in [-0.25, -0.2) is 4.79 Å². The van der Waals surface area contributed by atoms with Gasteiger partial charge in [0.05, 0.1) is 0 Å². The molecule has 4 nitrogen and oxygen atoms in total. The Balaban J connectivity index is 1.79. The molecule has 0 bridgehead atoms. The van der Waals surface area contributed by atoms with Crippen LogP contribution in [0.4, 0.5) is 0 Å². The maximum absolute atomic E-state index is 12.4. The van der Waals surface area contributed by atoms with Gasteiger partial charge in [-0.1, -0.05) is 43.9 Å². The number of fused-ring (bicyclic) bond motifs is 1. The summed E-state index contributed by atoms with van der Waals surface area (Å²) < 4.78 is 0. The lowest BCUT2D eigenvalue weighted by Gasteiger charge is -2.26. The number of hydrogen-bond acceptors (Lipinski definition) is 2. The Morgan fingerprint density at radius 1 is 1.30 bits per heavy atom. The number of rotatable bonds is 4. The van der Waals surface area contributed by atoms with Crippen molar-refractivity contribution >= 4 is 11.9 Å². The molecule has 1 saturated carbocycles. The van der Waals surface area contributed by atoms with Crippen LogP contribution in [0.2, 0.25) is 0 Å². The summed E-state index contributed by atoms with van der Waals surface area (Å²) in [4.78, 5) is 25.5. The Hall–Kier alpha value is -1.84. The van der Waals surface area contributed by atoms with Crippen LogP contribution >= 0.6 is 0 Å². The van der Waals surface area contributed by atoms with E-state index in [2.05, 4.69) is 0 Å². The van der Waals surface area contributed by atoms with Crippen LogP contribution in [0.15, 0.2) is 24.3 Å². The Morgan fingerprint density at radius 2 is 2.00 bits per heavy atom. The first-order valence-corrected chi connectivity index (χ1v) is 7.28. The van der Waals surface area contributed by atoms with E-state index in [1.807, 2.05) is 18.2 Å². The lowest BCUT2D eigenvalue weighted by Crippen LogP contribution is -2.42. The Bertz CT molecular complexity index is 534. The average molecular weight is 273 g/mol. The minimum Gasteiger partial charge on any atom is -0.480 e. The van der Waals surface area contributed by atoms with E-state index in [1.54, 1.807) is 6.07 Å². The van der Waals surface area contributed by atoms with E-state index in [-0.39, 0.29) is 5.91 Å². The molecular weight excluding hydrogens is 254 g/mol. The van der Waals surface area contributed by atoms with Crippen molar-refractivity contribution < 1.29 is 14.7 Å². The molecule has 1 aromatic carbocycles. The van der Waals surface area contributed by atoms with E-state index in [1.165, 1.54) is 17.7 Å². The molecule has 1 aliphatic carbocycles. The highest BCUT2D eigenvalue weighted by atomic mass is 16.4. The molecule has 0 saturated heterocycles. The summed E-state index contributed by atoms with van der Waals surface area (Å²) in [6.45, 7) is 0.429. The molecule has 0 spiro atoms. The highest BCUT2D eigenvalue weighted by Gasteiger charge is 2.37. The van der Waals surface area contributed by atoms with Crippen molar-refractivity contribution in [2.45, 2.75) is 44.7 Å². The molecule has 1 aromatic rings. The second-order valence-corrected chi connectivity index (χ2v) is 5.83. The summed E-state index contributed by atoms with van der Waals surface area (Å²) in [6.07, 6.45) is 5.16. The second-order valence-electron chi connectivity index (χ2n) is 5.83. The molecule has 1 amide bonds. The van der Waals surface area contributed by atoms with Crippen LogP contribution in [0.25, 0.3) is 0 Å². The molecule has 2 aliphatic rings. The number of benzene rings is 1. The van der Waals surface area contributed by atoms with E-state index in [0.717, 1.165) is 18.4 Å². The molecule has 1 aliphatic heterocycles. The highest BCUT2D eigenvalue weighted by molar-refractivity contribution is 6.00. The van der Waals surface area contributed by atoms with Gasteiger partial charge in [-0.3, -0.25) is 4.79 Å². The van der Waals surface area contributed by atoms with E-state index >= 15 is 0 Å². The van der Waals surface area contributed by atoms with Crippen LogP contribution in [0.5, 0.6) is 0 Å². The Labute approximate surface area is 118 Å². The fourth-order valence-electron chi connectivity index (χ4n) is 3.45. The van der Waals surface area contributed by atoms with Crippen LogP contribution in [0.1, 0.15) is 48.0 Å². The van der Waals surface area contributed by atoms with Crippen molar-refractivity contribution in [3.63, 3.8) is 0 Å². The maximum Gasteiger partial charge on any atom is 0.326 e. The second kappa shape index (κ2) is 5.27. The zero-order valence-electron chi connectivity index (χ0n) is 11.4. The van der Waals surface area contributed by atoms with Crippen molar-refractivity contribution in [1.29, 1.82) is 0 Å². The topological polar surface area (TPSA) is 57.6 Å². The summed E-state index contributed by atoms with van der Waals surface area (Å²) in [5.74, 6) is -0.559. The van der Waals surface area contributed by atoms with Crippen LogP contribution in [-0.4, -0.2) is 27.9 Å². The number of nitrogens with zero attached hydrogens (tertiary/aromatic N) is 1. The smallest absolute Gasteiger partial charge is 0.326 e. The molecular formula is C16H19NO3. The summed E-state index contributed by atoms with van der Waals surface area (Å²) in [5.41, 5.74) is 1.60. The van der Waals surface area contributed by atoms with E-state index in [4.69, 9.17) is 0 Å². The number of carboxylic acid groups (broad SMARTS) is 1. The number of hydrogen-bond donors (Lipinski definition) is 1. The third-order valence-electron chi connectivity index (χ3n) is 4.54. The number of carboxylic acids is 1. The normalized spacial score (nSPS) is 20.2. The van der Waals surface area contributed by atoms with Gasteiger partial charge in [0.2, 0.25) is 0 Å². The number of carbonyl (C=O) groups excluding carboxylic acids is 1. The van der Waals surface area contributed by atoms with Gasteiger partial charge in [-0.15, -0.1) is 0 Å². The fraction of sp³-hybridized carbons (Fsp3) is 0.500. The minimum atomic E-state index is -0.877. The van der Waals surface area contributed by atoms with Gasteiger partial charge in [0, 0.05) is 12.1 Å². The molecule has 20 heavy (non-hydrogen) atoms. The number of aliphatic carboxylic acids is 1. The van der Waals surface area contributed by atoms with Gasteiger partial charge in [0.15, 0.2) is 0 Å². The first-order valence-electron chi connectivity index (χ1n) is 7.28. The van der Waals surface area contributed by atoms with Crippen molar-refractivity contribution in [3.8, 4) is 0 Å². The van der Waals surface area contributed by atoms with Gasteiger partial charge < -0.3 is 10.0 Å². The monoisotopic (exact) mass is 273 g/mol. The Morgan fingerprint density at radius 3 is 2.65 bits per heavy atom. The minimum absolute atomic E-state index is 0.133. The highest BCUT2D eigenvalue weighted by Crippen LogP contribution is 2.32. The van der Waals surface area contributed by atoms with Crippen LogP contribution in [-0.2, 0) is 11.3 Å². The van der Waals surface area contributed by atoms with Gasteiger partial charge >= 0.3 is 5.97 Å². The predicted molar refractivity (Wildman–Crippen MR) is 74.3 cm³/mol. The molecule has 0 unspecified atom stereocenters. The molecule has 106 valence electrons. The standard InChI is InChI=1S/C16H19NO3/c18-15-13-8-4-3-7-12(13)10-17(15)14(16(19)20)9-11-5-1-2-6-11/h3-4,7-8,11,14H,1-2,5-6,9-10H2,(H,19,20)/t14-/m0/s1. The van der Waals surface area contributed by atoms with Crippen molar-refractivity contribution in [2.24, 2.45) is 5.92 Å². The van der Waals surface area contributed by atoms with E-state index < -0.39 is 12.0 Å². The van der Waals surface area contributed by atoms with Gasteiger partial charge in [-0.2, -0.15) is 0 Å². The molecule has 3 rings (SSSR count). The molecule has 1 heterocycles. The molecule has 1 atom stereocenters. The number of amides is 1. The van der Waals surface area contributed by atoms with Crippen LogP contribution in [0.3, 0.4) is 0 Å². The molecule has 0 radical (unpaired) electrons. The summed E-state index contributed by atoms with van der Waals surface area (Å²) in [6, 6.07) is 6.72. The molecule has 0 aromatic heterocycles. The summed E-state index contributed by atoms with van der Waals surface area (Å²) in [5, 5.41) is 9.50. The summed E-state index contributed by atoms with van der Waals surface area (Å²) >= 11 is 0. The SMILES string of the molecule is O=C(O)[C@H](CC1CCCC1)N1Cc2ccccc2C1=O. The van der Waals surface area contributed by atoms with E-state index in [0.29, 0.717) is 24.4 Å². The molecule has 1 N–H and O–H groups in total. The van der Waals surface area contributed by atoms with Crippen molar-refractivity contribution in [2.75, 3.05) is 0 Å². The Kier molecular flexibility index (Phi) is 3.47. The van der Waals surface area contributed by atoms with E-state index in [9.17, 15) is 14.7 Å². The maximum atomic E-state index is 12.4. The zero-order chi connectivity index (χ0) is 14.1. The van der Waals surface area contributed by atoms with Gasteiger partial charge in [-0.05, 0) is 24.0 Å². The van der Waals surface area contributed by atoms with Crippen molar-refractivity contribution in [1.82, 2.24) is 4.90 Å². The van der Waals surface area contributed by atoms with Crippen LogP contribution in [0, 0.1) is 5.92 Å². The lowest BCUT2D eigenvalue weighted by atomic mass is 9.97. The fourth-order valence-corrected chi connectivity index (χ4v) is 3.45. The first kappa shape index (κ1) is 13.2. The predicted octanol–water partition coefficient (Wildman–Crippen LogP) is 2.68. The average Bonchev–Trinajstić information content (AvgIpc) is 3.05. The third kappa shape index (κ3) is 2.30. The van der Waals surface area contributed by atoms with Crippen molar-refractivity contribution in [3.05, 3.63) is 35.4 Å². The quantitative estimate of drug-likeness (QED) is 0.917. The van der Waals surface area contributed by atoms with Crippen LogP contribution < -0.4 is 0 Å². The largest absolute Gasteiger partial charge is 0.480 e. The summed E-state index contributed by atoms with van der Waals surface area (Å²) in [7, 11) is 0. The zero-order valence-corrected chi connectivity index (χ0v) is 11.4. The molecule has 4 heteroatoms. The first-order chi connectivity index (χ1) is 9.66. The molecule has 1 fully saturated rings.